The Kier molecular flexibility index (Phi) is 3.84. The lowest BCUT2D eigenvalue weighted by molar-refractivity contribution is -0.146. The Labute approximate surface area is 108 Å². The fourth-order valence-corrected chi connectivity index (χ4v) is 2.21. The number of nitrogen functional groups attached to an aromatic ring is 1. The second kappa shape index (κ2) is 5.24. The SMILES string of the molecule is Nc1cc(F)ccc1N1CCN(CC(F)(F)F)CC1. The Morgan fingerprint density at radius 1 is 1.11 bits per heavy atom. The zero-order valence-corrected chi connectivity index (χ0v) is 10.3. The fourth-order valence-electron chi connectivity index (χ4n) is 2.21. The van der Waals surface area contributed by atoms with E-state index in [2.05, 4.69) is 0 Å². The number of halogens is 4. The van der Waals surface area contributed by atoms with Crippen LogP contribution < -0.4 is 10.6 Å². The van der Waals surface area contributed by atoms with Gasteiger partial charge in [-0.25, -0.2) is 4.39 Å². The Hall–Kier alpha value is -1.50. The standard InChI is InChI=1S/C12H15F4N3/c13-9-1-2-11(10(17)7-9)19-5-3-18(4-6-19)8-12(14,15)16/h1-2,7H,3-6,8,17H2. The Morgan fingerprint density at radius 3 is 2.26 bits per heavy atom. The van der Waals surface area contributed by atoms with E-state index in [-0.39, 0.29) is 0 Å². The van der Waals surface area contributed by atoms with E-state index in [1.54, 1.807) is 6.07 Å². The normalized spacial score (nSPS) is 17.8. The highest BCUT2D eigenvalue weighted by Crippen LogP contribution is 2.25. The molecule has 0 aromatic heterocycles. The molecule has 1 aliphatic heterocycles. The van der Waals surface area contributed by atoms with Crippen LogP contribution in [-0.2, 0) is 0 Å². The Bertz CT molecular complexity index is 439. The number of piperazine rings is 1. The molecule has 0 aliphatic carbocycles. The molecule has 0 saturated carbocycles. The van der Waals surface area contributed by atoms with Crippen molar-refractivity contribution in [3.8, 4) is 0 Å². The summed E-state index contributed by atoms with van der Waals surface area (Å²) < 4.78 is 49.7. The molecule has 3 nitrogen and oxygen atoms in total. The van der Waals surface area contributed by atoms with Crippen LogP contribution in [0.25, 0.3) is 0 Å². The number of alkyl halides is 3. The van der Waals surface area contributed by atoms with Gasteiger partial charge in [0.2, 0.25) is 0 Å². The molecule has 2 rings (SSSR count). The third-order valence-corrected chi connectivity index (χ3v) is 3.11. The summed E-state index contributed by atoms with van der Waals surface area (Å²) in [7, 11) is 0. The van der Waals surface area contributed by atoms with E-state index in [0.717, 1.165) is 0 Å². The third kappa shape index (κ3) is 3.73. The zero-order chi connectivity index (χ0) is 14.0. The molecule has 1 aliphatic rings. The zero-order valence-electron chi connectivity index (χ0n) is 10.3. The van der Waals surface area contributed by atoms with Crippen molar-refractivity contribution >= 4 is 11.4 Å². The number of rotatable bonds is 2. The number of nitrogens with zero attached hydrogens (tertiary/aromatic N) is 2. The molecule has 19 heavy (non-hydrogen) atoms. The van der Waals surface area contributed by atoms with Gasteiger partial charge in [0, 0.05) is 26.2 Å². The lowest BCUT2D eigenvalue weighted by Gasteiger charge is -2.36. The highest BCUT2D eigenvalue weighted by molar-refractivity contribution is 5.67. The van der Waals surface area contributed by atoms with E-state index in [4.69, 9.17) is 5.73 Å². The van der Waals surface area contributed by atoms with Crippen molar-refractivity contribution in [2.75, 3.05) is 43.4 Å². The molecular formula is C12H15F4N3. The highest BCUT2D eigenvalue weighted by Gasteiger charge is 2.32. The highest BCUT2D eigenvalue weighted by atomic mass is 19.4. The van der Waals surface area contributed by atoms with Crippen LogP contribution in [0.2, 0.25) is 0 Å². The van der Waals surface area contributed by atoms with E-state index in [1.807, 2.05) is 4.90 Å². The number of hydrogen-bond donors (Lipinski definition) is 1. The molecule has 7 heteroatoms. The van der Waals surface area contributed by atoms with Gasteiger partial charge in [0.15, 0.2) is 0 Å². The van der Waals surface area contributed by atoms with Gasteiger partial charge in [0.25, 0.3) is 0 Å². The van der Waals surface area contributed by atoms with Crippen LogP contribution in [0.15, 0.2) is 18.2 Å². The van der Waals surface area contributed by atoms with Crippen molar-refractivity contribution in [1.82, 2.24) is 4.90 Å². The van der Waals surface area contributed by atoms with Crippen LogP contribution in [0.1, 0.15) is 0 Å². The molecule has 1 saturated heterocycles. The van der Waals surface area contributed by atoms with E-state index < -0.39 is 18.5 Å². The van der Waals surface area contributed by atoms with Crippen LogP contribution in [0.3, 0.4) is 0 Å². The minimum Gasteiger partial charge on any atom is -0.397 e. The van der Waals surface area contributed by atoms with Gasteiger partial charge in [-0.3, -0.25) is 4.90 Å². The molecule has 0 amide bonds. The Morgan fingerprint density at radius 2 is 1.74 bits per heavy atom. The van der Waals surface area contributed by atoms with Gasteiger partial charge in [-0.05, 0) is 18.2 Å². The molecule has 2 N–H and O–H groups in total. The van der Waals surface area contributed by atoms with E-state index in [0.29, 0.717) is 37.6 Å². The number of nitrogens with two attached hydrogens (primary N) is 1. The summed E-state index contributed by atoms with van der Waals surface area (Å²) in [5.41, 5.74) is 6.70. The summed E-state index contributed by atoms with van der Waals surface area (Å²) in [5, 5.41) is 0. The second-order valence-corrected chi connectivity index (χ2v) is 4.58. The minimum absolute atomic E-state index is 0.310. The average molecular weight is 277 g/mol. The van der Waals surface area contributed by atoms with Crippen LogP contribution in [0.5, 0.6) is 0 Å². The summed E-state index contributed by atoms with van der Waals surface area (Å²) in [5.74, 6) is -0.419. The first-order valence-electron chi connectivity index (χ1n) is 5.94. The fraction of sp³-hybridized carbons (Fsp3) is 0.500. The molecule has 1 aromatic carbocycles. The number of benzene rings is 1. The average Bonchev–Trinajstić information content (AvgIpc) is 2.28. The van der Waals surface area contributed by atoms with E-state index >= 15 is 0 Å². The monoisotopic (exact) mass is 277 g/mol. The van der Waals surface area contributed by atoms with E-state index in [9.17, 15) is 17.6 Å². The summed E-state index contributed by atoms with van der Waals surface area (Å²) in [4.78, 5) is 3.23. The van der Waals surface area contributed by atoms with Gasteiger partial charge in [0.1, 0.15) is 5.82 Å². The third-order valence-electron chi connectivity index (χ3n) is 3.11. The van der Waals surface area contributed by atoms with Crippen molar-refractivity contribution < 1.29 is 17.6 Å². The summed E-state index contributed by atoms with van der Waals surface area (Å²) in [6.45, 7) is 0.643. The molecule has 1 aromatic rings. The molecule has 0 spiro atoms. The van der Waals surface area contributed by atoms with Crippen molar-refractivity contribution in [3.05, 3.63) is 24.0 Å². The van der Waals surface area contributed by atoms with Gasteiger partial charge in [0.05, 0.1) is 17.9 Å². The largest absolute Gasteiger partial charge is 0.401 e. The minimum atomic E-state index is -4.17. The molecule has 0 bridgehead atoms. The van der Waals surface area contributed by atoms with Crippen LogP contribution >= 0.6 is 0 Å². The maximum atomic E-state index is 12.9. The number of anilines is 2. The molecule has 0 atom stereocenters. The molecule has 0 unspecified atom stereocenters. The predicted molar refractivity (Wildman–Crippen MR) is 65.5 cm³/mol. The molecule has 0 radical (unpaired) electrons. The second-order valence-electron chi connectivity index (χ2n) is 4.58. The van der Waals surface area contributed by atoms with Crippen molar-refractivity contribution in [3.63, 3.8) is 0 Å². The molecular weight excluding hydrogens is 262 g/mol. The lowest BCUT2D eigenvalue weighted by Crippen LogP contribution is -2.49. The summed E-state index contributed by atoms with van der Waals surface area (Å²) in [6, 6.07) is 4.08. The quantitative estimate of drug-likeness (QED) is 0.663. The van der Waals surface area contributed by atoms with Crippen molar-refractivity contribution in [1.29, 1.82) is 0 Å². The maximum absolute atomic E-state index is 12.9. The Balaban J connectivity index is 1.96. The molecule has 1 fully saturated rings. The molecule has 1 heterocycles. The van der Waals surface area contributed by atoms with E-state index in [1.165, 1.54) is 17.0 Å². The van der Waals surface area contributed by atoms with Gasteiger partial charge in [-0.2, -0.15) is 13.2 Å². The van der Waals surface area contributed by atoms with Crippen molar-refractivity contribution in [2.45, 2.75) is 6.18 Å². The summed E-state index contributed by atoms with van der Waals surface area (Å²) >= 11 is 0. The topological polar surface area (TPSA) is 32.5 Å². The number of hydrogen-bond acceptors (Lipinski definition) is 3. The predicted octanol–water partition coefficient (Wildman–Crippen LogP) is 2.09. The molecule has 106 valence electrons. The lowest BCUT2D eigenvalue weighted by atomic mass is 10.2. The van der Waals surface area contributed by atoms with Gasteiger partial charge < -0.3 is 10.6 Å². The first kappa shape index (κ1) is 13.9. The van der Waals surface area contributed by atoms with Crippen LogP contribution in [-0.4, -0.2) is 43.8 Å². The van der Waals surface area contributed by atoms with Crippen molar-refractivity contribution in [2.24, 2.45) is 0 Å². The van der Waals surface area contributed by atoms with Gasteiger partial charge >= 0.3 is 6.18 Å². The first-order valence-corrected chi connectivity index (χ1v) is 5.94. The van der Waals surface area contributed by atoms with Crippen LogP contribution in [0, 0.1) is 5.82 Å². The first-order chi connectivity index (χ1) is 8.85. The van der Waals surface area contributed by atoms with Crippen LogP contribution in [0.4, 0.5) is 28.9 Å². The smallest absolute Gasteiger partial charge is 0.397 e. The maximum Gasteiger partial charge on any atom is 0.401 e. The summed E-state index contributed by atoms with van der Waals surface area (Å²) in [6.07, 6.45) is -4.17. The van der Waals surface area contributed by atoms with Gasteiger partial charge in [-0.1, -0.05) is 0 Å². The van der Waals surface area contributed by atoms with Gasteiger partial charge in [-0.15, -0.1) is 0 Å².